The molecule has 15 nitrogen and oxygen atoms in total. The van der Waals surface area contributed by atoms with Crippen molar-refractivity contribution in [2.75, 3.05) is 6.54 Å². The maximum atomic E-state index is 12.7. The molecule has 0 spiro atoms. The summed E-state index contributed by atoms with van der Waals surface area (Å²) in [5, 5.41) is 32.7. The van der Waals surface area contributed by atoms with E-state index in [4.69, 9.17) is 21.1 Å². The Bertz CT molecular complexity index is 826. The smallest absolute Gasteiger partial charge is 0.322 e. The maximum absolute atomic E-state index is 12.7. The number of aromatic amines is 1. The van der Waals surface area contributed by atoms with Gasteiger partial charge in [-0.05, 0) is 0 Å². The van der Waals surface area contributed by atoms with Crippen molar-refractivity contribution < 1.29 is 44.1 Å². The summed E-state index contributed by atoms with van der Waals surface area (Å²) >= 11 is 0. The standard InChI is InChI=1S/C16H22N6O9/c17-8(2-11(23)24)14(29)21-9(1-7-4-18-6-20-7)16(31)22-10(3-12(25)26)15(30)19-5-13(27)28/h4,6,8-10H,1-3,5,17H2,(H,18,20)(H,19,30)(H,21,29)(H,22,31)(H,23,24)(H,25,26)(H,27,28). The minimum atomic E-state index is -1.64. The number of aliphatic carboxylic acids is 3. The summed E-state index contributed by atoms with van der Waals surface area (Å²) in [7, 11) is 0. The number of aromatic nitrogens is 2. The van der Waals surface area contributed by atoms with Gasteiger partial charge in [0.2, 0.25) is 17.7 Å². The Morgan fingerprint density at radius 3 is 2.03 bits per heavy atom. The number of nitrogens with two attached hydrogens (primary N) is 1. The van der Waals surface area contributed by atoms with Gasteiger partial charge in [-0.25, -0.2) is 4.98 Å². The predicted octanol–water partition coefficient (Wildman–Crippen LogP) is -3.60. The number of H-pyrrole nitrogens is 1. The molecule has 3 atom stereocenters. The molecule has 1 rings (SSSR count). The first-order valence-corrected chi connectivity index (χ1v) is 8.76. The Morgan fingerprint density at radius 1 is 0.903 bits per heavy atom. The fraction of sp³-hybridized carbons (Fsp3) is 0.438. The summed E-state index contributed by atoms with van der Waals surface area (Å²) in [6.45, 7) is -0.802. The third-order valence-electron chi connectivity index (χ3n) is 3.77. The number of carboxylic acids is 3. The van der Waals surface area contributed by atoms with E-state index < -0.39 is 73.1 Å². The molecule has 15 heteroatoms. The summed E-state index contributed by atoms with van der Waals surface area (Å²) in [4.78, 5) is 75.7. The first kappa shape index (κ1) is 25.0. The molecule has 1 heterocycles. The number of nitrogens with one attached hydrogen (secondary N) is 4. The second kappa shape index (κ2) is 11.9. The lowest BCUT2D eigenvalue weighted by Crippen LogP contribution is -2.57. The second-order valence-electron chi connectivity index (χ2n) is 6.32. The van der Waals surface area contributed by atoms with Gasteiger partial charge < -0.3 is 42.0 Å². The Balaban J connectivity index is 2.97. The van der Waals surface area contributed by atoms with Crippen LogP contribution in [0, 0.1) is 0 Å². The fourth-order valence-corrected chi connectivity index (χ4v) is 2.33. The van der Waals surface area contributed by atoms with E-state index in [0.29, 0.717) is 5.69 Å². The molecule has 0 radical (unpaired) electrons. The van der Waals surface area contributed by atoms with Gasteiger partial charge in [0.05, 0.1) is 25.2 Å². The number of carboxylic acid groups (broad SMARTS) is 3. The molecule has 3 amide bonds. The first-order valence-electron chi connectivity index (χ1n) is 8.76. The van der Waals surface area contributed by atoms with Crippen LogP contribution in [0.1, 0.15) is 18.5 Å². The Kier molecular flexibility index (Phi) is 9.58. The van der Waals surface area contributed by atoms with Gasteiger partial charge in [-0.15, -0.1) is 0 Å². The highest BCUT2D eigenvalue weighted by molar-refractivity contribution is 5.95. The van der Waals surface area contributed by atoms with Crippen LogP contribution in [0.5, 0.6) is 0 Å². The highest BCUT2D eigenvalue weighted by atomic mass is 16.4. The molecule has 0 aromatic carbocycles. The van der Waals surface area contributed by atoms with Gasteiger partial charge in [0, 0.05) is 18.3 Å². The summed E-state index contributed by atoms with van der Waals surface area (Å²) in [6.07, 6.45) is 0.907. The third kappa shape index (κ3) is 9.35. The third-order valence-corrected chi connectivity index (χ3v) is 3.77. The molecule has 0 bridgehead atoms. The van der Waals surface area contributed by atoms with E-state index in [-0.39, 0.29) is 6.42 Å². The highest BCUT2D eigenvalue weighted by Gasteiger charge is 2.30. The zero-order valence-electron chi connectivity index (χ0n) is 16.0. The van der Waals surface area contributed by atoms with E-state index in [1.165, 1.54) is 12.5 Å². The number of carbonyl (C=O) groups is 6. The van der Waals surface area contributed by atoms with Gasteiger partial charge in [0.15, 0.2) is 0 Å². The summed E-state index contributed by atoms with van der Waals surface area (Å²) in [5.74, 6) is -7.19. The molecule has 0 saturated heterocycles. The lowest BCUT2D eigenvalue weighted by Gasteiger charge is -2.23. The molecule has 31 heavy (non-hydrogen) atoms. The van der Waals surface area contributed by atoms with Crippen molar-refractivity contribution in [2.45, 2.75) is 37.4 Å². The van der Waals surface area contributed by atoms with Crippen LogP contribution in [0.2, 0.25) is 0 Å². The van der Waals surface area contributed by atoms with E-state index in [1.54, 1.807) is 0 Å². The molecule has 170 valence electrons. The van der Waals surface area contributed by atoms with Gasteiger partial charge in [-0.3, -0.25) is 28.8 Å². The average molecular weight is 442 g/mol. The number of hydrogen-bond donors (Lipinski definition) is 8. The van der Waals surface area contributed by atoms with E-state index >= 15 is 0 Å². The van der Waals surface area contributed by atoms with E-state index in [1.807, 2.05) is 5.32 Å². The minimum Gasteiger partial charge on any atom is -0.481 e. The minimum absolute atomic E-state index is 0.173. The molecule has 9 N–H and O–H groups in total. The van der Waals surface area contributed by atoms with E-state index in [2.05, 4.69) is 20.6 Å². The van der Waals surface area contributed by atoms with Crippen molar-refractivity contribution in [3.05, 3.63) is 18.2 Å². The molecule has 0 saturated carbocycles. The molecule has 3 unspecified atom stereocenters. The lowest BCUT2D eigenvalue weighted by atomic mass is 10.1. The van der Waals surface area contributed by atoms with Crippen LogP contribution in [0.3, 0.4) is 0 Å². The Morgan fingerprint density at radius 2 is 1.52 bits per heavy atom. The van der Waals surface area contributed by atoms with Gasteiger partial charge in [0.25, 0.3) is 0 Å². The summed E-state index contributed by atoms with van der Waals surface area (Å²) in [5.41, 5.74) is 5.87. The van der Waals surface area contributed by atoms with Crippen LogP contribution in [-0.2, 0) is 35.2 Å². The monoisotopic (exact) mass is 442 g/mol. The summed E-state index contributed by atoms with van der Waals surface area (Å²) < 4.78 is 0. The summed E-state index contributed by atoms with van der Waals surface area (Å²) in [6, 6.07) is -4.49. The second-order valence-corrected chi connectivity index (χ2v) is 6.32. The van der Waals surface area contributed by atoms with Crippen LogP contribution >= 0.6 is 0 Å². The number of nitrogens with zero attached hydrogens (tertiary/aromatic N) is 1. The average Bonchev–Trinajstić information content (AvgIpc) is 3.17. The molecular formula is C16H22N6O9. The van der Waals surface area contributed by atoms with Crippen LogP contribution in [0.15, 0.2) is 12.5 Å². The predicted molar refractivity (Wildman–Crippen MR) is 99.3 cm³/mol. The van der Waals surface area contributed by atoms with Crippen LogP contribution < -0.4 is 21.7 Å². The topological polar surface area (TPSA) is 254 Å². The van der Waals surface area contributed by atoms with Crippen molar-refractivity contribution in [1.82, 2.24) is 25.9 Å². The van der Waals surface area contributed by atoms with Gasteiger partial charge in [-0.2, -0.15) is 0 Å². The van der Waals surface area contributed by atoms with Crippen molar-refractivity contribution in [3.63, 3.8) is 0 Å². The van der Waals surface area contributed by atoms with Gasteiger partial charge in [-0.1, -0.05) is 0 Å². The SMILES string of the molecule is NC(CC(=O)O)C(=O)NC(Cc1cnc[nH]1)C(=O)NC(CC(=O)O)C(=O)NCC(=O)O. The van der Waals surface area contributed by atoms with E-state index in [9.17, 15) is 28.8 Å². The van der Waals surface area contributed by atoms with Crippen LogP contribution in [0.25, 0.3) is 0 Å². The fourth-order valence-electron chi connectivity index (χ4n) is 2.33. The molecular weight excluding hydrogens is 420 g/mol. The van der Waals surface area contributed by atoms with Crippen molar-refractivity contribution in [2.24, 2.45) is 5.73 Å². The van der Waals surface area contributed by atoms with Crippen molar-refractivity contribution in [3.8, 4) is 0 Å². The Hall–Kier alpha value is -4.01. The van der Waals surface area contributed by atoms with E-state index in [0.717, 1.165) is 0 Å². The largest absolute Gasteiger partial charge is 0.481 e. The van der Waals surface area contributed by atoms with Crippen LogP contribution in [0.4, 0.5) is 0 Å². The van der Waals surface area contributed by atoms with Crippen molar-refractivity contribution in [1.29, 1.82) is 0 Å². The molecule has 0 aliphatic rings. The molecule has 0 aliphatic carbocycles. The highest BCUT2D eigenvalue weighted by Crippen LogP contribution is 2.03. The zero-order chi connectivity index (χ0) is 23.6. The molecule has 0 aliphatic heterocycles. The zero-order valence-corrected chi connectivity index (χ0v) is 16.0. The quantitative estimate of drug-likeness (QED) is 0.148. The van der Waals surface area contributed by atoms with Gasteiger partial charge in [0.1, 0.15) is 18.6 Å². The number of amides is 3. The number of rotatable bonds is 13. The maximum Gasteiger partial charge on any atom is 0.322 e. The number of imidazole rings is 1. The number of hydrogen-bond acceptors (Lipinski definition) is 8. The lowest BCUT2D eigenvalue weighted by molar-refractivity contribution is -0.141. The van der Waals surface area contributed by atoms with Gasteiger partial charge >= 0.3 is 17.9 Å². The molecule has 1 aromatic heterocycles. The Labute approximate surface area is 174 Å². The number of carbonyl (C=O) groups excluding carboxylic acids is 3. The molecule has 1 aromatic rings. The van der Waals surface area contributed by atoms with Crippen LogP contribution in [-0.4, -0.2) is 85.6 Å². The normalized spacial score (nSPS) is 13.3. The first-order chi connectivity index (χ1) is 14.5. The van der Waals surface area contributed by atoms with Crippen molar-refractivity contribution >= 4 is 35.6 Å². The molecule has 0 fully saturated rings.